The van der Waals surface area contributed by atoms with Crippen molar-refractivity contribution >= 4 is 21.6 Å². The Morgan fingerprint density at radius 1 is 0.929 bits per heavy atom. The van der Waals surface area contributed by atoms with E-state index in [4.69, 9.17) is 4.99 Å². The van der Waals surface area contributed by atoms with Crippen LogP contribution in [0.4, 0.5) is 5.69 Å². The number of aromatic hydroxyl groups is 1. The average molecular weight is 489 g/mol. The van der Waals surface area contributed by atoms with Gasteiger partial charge in [0.15, 0.2) is 0 Å². The van der Waals surface area contributed by atoms with Gasteiger partial charge in [-0.2, -0.15) is 0 Å². The zero-order chi connectivity index (χ0) is 20.8. The summed E-state index contributed by atoms with van der Waals surface area (Å²) < 4.78 is 0. The molecule has 2 nitrogen and oxygen atoms in total. The third kappa shape index (κ3) is 6.71. The van der Waals surface area contributed by atoms with Gasteiger partial charge in [-0.15, -0.1) is 0 Å². The molecule has 0 aliphatic heterocycles. The van der Waals surface area contributed by atoms with Gasteiger partial charge in [-0.25, -0.2) is 0 Å². The summed E-state index contributed by atoms with van der Waals surface area (Å²) in [7, 11) is 4.57. The first-order chi connectivity index (χ1) is 12.6. The topological polar surface area (TPSA) is 32.6 Å². The van der Waals surface area contributed by atoms with Crippen molar-refractivity contribution in [2.45, 2.75) is 65.7 Å². The second kappa shape index (κ2) is 11.7. The molecule has 0 fully saturated rings. The fourth-order valence-electron chi connectivity index (χ4n) is 3.07. The summed E-state index contributed by atoms with van der Waals surface area (Å²) in [5, 5.41) is 10.7. The SMILES string of the molecule is CC(C)c1cccc(C(C)C)c1N=Cc1cccc(C(C)(C)C)c1O.[CH3-].[Cl][Ru+]. The Morgan fingerprint density at radius 3 is 1.82 bits per heavy atom. The number of nitrogens with zero attached hydrogens (tertiary/aromatic N) is 1. The minimum atomic E-state index is -0.104. The van der Waals surface area contributed by atoms with E-state index in [1.165, 1.54) is 11.1 Å². The number of phenolic OH excluding ortho intramolecular Hbond substituents is 1. The summed E-state index contributed by atoms with van der Waals surface area (Å²) in [6.45, 7) is 15.1. The standard InChI is InChI=1S/C23H31NO.CH3.ClH.Ru/c1-15(2)18-11-9-12-19(16(3)4)21(18)24-14-17-10-8-13-20(22(17)25)23(5,6)7;;;/h8-16,25H,1-7H3;1H3;1H;/q;-1;;+2/p-1. The summed E-state index contributed by atoms with van der Waals surface area (Å²) >= 11 is 1.82. The van der Waals surface area contributed by atoms with Crippen molar-refractivity contribution in [2.24, 2.45) is 4.99 Å². The van der Waals surface area contributed by atoms with Crippen molar-refractivity contribution < 1.29 is 22.4 Å². The molecule has 28 heavy (non-hydrogen) atoms. The summed E-state index contributed by atoms with van der Waals surface area (Å²) in [6.07, 6.45) is 1.80. The van der Waals surface area contributed by atoms with Crippen molar-refractivity contribution in [3.8, 4) is 5.75 Å². The normalized spacial score (nSPS) is 11.4. The van der Waals surface area contributed by atoms with Gasteiger partial charge in [-0.1, -0.05) is 78.8 Å². The van der Waals surface area contributed by atoms with Gasteiger partial charge in [0.2, 0.25) is 0 Å². The number of aliphatic imine (C=N–C) groups is 1. The Kier molecular flexibility index (Phi) is 11.2. The molecule has 0 unspecified atom stereocenters. The predicted octanol–water partition coefficient (Wildman–Crippen LogP) is 7.82. The molecular weight excluding hydrogens is 455 g/mol. The first-order valence-electron chi connectivity index (χ1n) is 9.25. The summed E-state index contributed by atoms with van der Waals surface area (Å²) in [6, 6.07) is 12.3. The van der Waals surface area contributed by atoms with Gasteiger partial charge >= 0.3 is 27.0 Å². The van der Waals surface area contributed by atoms with Gasteiger partial charge in [-0.05, 0) is 40.0 Å². The van der Waals surface area contributed by atoms with Crippen molar-refractivity contribution in [3.05, 3.63) is 66.1 Å². The van der Waals surface area contributed by atoms with E-state index in [1.807, 2.05) is 35.5 Å². The van der Waals surface area contributed by atoms with Crippen LogP contribution in [0.2, 0.25) is 0 Å². The van der Waals surface area contributed by atoms with E-state index < -0.39 is 0 Å². The van der Waals surface area contributed by atoms with Gasteiger partial charge in [0.1, 0.15) is 5.75 Å². The van der Waals surface area contributed by atoms with E-state index in [0.717, 1.165) is 16.8 Å². The van der Waals surface area contributed by atoms with Crippen LogP contribution in [0.1, 0.15) is 82.6 Å². The Balaban J connectivity index is 0.00000235. The van der Waals surface area contributed by atoms with E-state index in [1.54, 1.807) is 6.21 Å². The maximum atomic E-state index is 10.7. The number of para-hydroxylation sites is 2. The molecule has 0 heterocycles. The van der Waals surface area contributed by atoms with Crippen molar-refractivity contribution in [1.29, 1.82) is 0 Å². The molecule has 2 rings (SSSR count). The number of rotatable bonds is 4. The van der Waals surface area contributed by atoms with Crippen LogP contribution in [0.15, 0.2) is 41.4 Å². The Bertz CT molecular complexity index is 750. The van der Waals surface area contributed by atoms with Gasteiger partial charge in [-0.3, -0.25) is 4.99 Å². The molecule has 0 radical (unpaired) electrons. The van der Waals surface area contributed by atoms with Crippen LogP contribution in [0, 0.1) is 7.43 Å². The Hall–Kier alpha value is -1.18. The molecule has 156 valence electrons. The number of halogens is 1. The van der Waals surface area contributed by atoms with Gasteiger partial charge in [0.25, 0.3) is 0 Å². The summed E-state index contributed by atoms with van der Waals surface area (Å²) in [4.78, 5) is 4.82. The average Bonchev–Trinajstić information content (AvgIpc) is 2.61. The fourth-order valence-corrected chi connectivity index (χ4v) is 3.07. The van der Waals surface area contributed by atoms with E-state index >= 15 is 0 Å². The van der Waals surface area contributed by atoms with Gasteiger partial charge < -0.3 is 12.5 Å². The fraction of sp³-hybridized carbons (Fsp3) is 0.417. The van der Waals surface area contributed by atoms with Crippen LogP contribution in [-0.4, -0.2) is 11.3 Å². The molecule has 0 saturated heterocycles. The Labute approximate surface area is 186 Å². The first kappa shape index (κ1) is 26.8. The van der Waals surface area contributed by atoms with Crippen molar-refractivity contribution in [3.63, 3.8) is 0 Å². The Morgan fingerprint density at radius 2 is 1.39 bits per heavy atom. The molecule has 4 heteroatoms. The van der Waals surface area contributed by atoms with Crippen LogP contribution >= 0.6 is 9.69 Å². The predicted molar refractivity (Wildman–Crippen MR) is 121 cm³/mol. The number of hydrogen-bond acceptors (Lipinski definition) is 2. The molecule has 0 aliphatic rings. The summed E-state index contributed by atoms with van der Waals surface area (Å²) in [5.41, 5.74) is 5.13. The molecule has 0 bridgehead atoms. The van der Waals surface area contributed by atoms with E-state index in [9.17, 15) is 5.11 Å². The zero-order valence-electron chi connectivity index (χ0n) is 18.3. The van der Waals surface area contributed by atoms with E-state index in [-0.39, 0.29) is 12.8 Å². The third-order valence-corrected chi connectivity index (χ3v) is 4.55. The molecule has 0 saturated carbocycles. The monoisotopic (exact) mass is 489 g/mol. The quantitative estimate of drug-likeness (QED) is 0.265. The maximum absolute atomic E-state index is 10.7. The van der Waals surface area contributed by atoms with Crippen LogP contribution in [-0.2, 0) is 22.7 Å². The molecule has 0 aromatic heterocycles. The van der Waals surface area contributed by atoms with Crippen LogP contribution in [0.3, 0.4) is 0 Å². The van der Waals surface area contributed by atoms with Crippen molar-refractivity contribution in [2.75, 3.05) is 0 Å². The van der Waals surface area contributed by atoms with Crippen molar-refractivity contribution in [1.82, 2.24) is 0 Å². The van der Waals surface area contributed by atoms with Crippen LogP contribution in [0.25, 0.3) is 0 Å². The molecule has 2 aromatic rings. The zero-order valence-corrected chi connectivity index (χ0v) is 20.8. The molecule has 0 atom stereocenters. The third-order valence-electron chi connectivity index (χ3n) is 4.55. The van der Waals surface area contributed by atoms with Gasteiger partial charge in [0, 0.05) is 11.8 Å². The number of benzene rings is 2. The number of phenols is 1. The molecule has 0 spiro atoms. The molecule has 0 amide bonds. The molecule has 2 aromatic carbocycles. The second-order valence-corrected chi connectivity index (χ2v) is 8.35. The molecule has 1 N–H and O–H groups in total. The summed E-state index contributed by atoms with van der Waals surface area (Å²) in [5.74, 6) is 1.13. The molecule has 0 aliphatic carbocycles. The first-order valence-corrected chi connectivity index (χ1v) is 11.5. The van der Waals surface area contributed by atoms with Crippen LogP contribution < -0.4 is 0 Å². The second-order valence-electron chi connectivity index (χ2n) is 8.35. The van der Waals surface area contributed by atoms with Crippen LogP contribution in [0.5, 0.6) is 5.75 Å². The van der Waals surface area contributed by atoms with E-state index in [0.29, 0.717) is 17.6 Å². The molecular formula is C24H34ClNORu. The van der Waals surface area contributed by atoms with E-state index in [2.05, 4.69) is 76.4 Å². The minimum absolute atomic E-state index is 0. The number of hydrogen-bond donors (Lipinski definition) is 1. The van der Waals surface area contributed by atoms with Gasteiger partial charge in [0.05, 0.1) is 5.69 Å².